The molecule has 0 radical (unpaired) electrons. The number of piperazine rings is 1. The Morgan fingerprint density at radius 3 is 2.64 bits per heavy atom. The van der Waals surface area contributed by atoms with Gasteiger partial charge in [-0.1, -0.05) is 6.92 Å². The second kappa shape index (κ2) is 7.92. The zero-order valence-electron chi connectivity index (χ0n) is 13.1. The number of likely N-dealkylation sites (N-methyl/N-ethyl adjacent to an activating group) is 1. The molecule has 1 aliphatic rings. The van der Waals surface area contributed by atoms with Crippen LogP contribution >= 0.6 is 0 Å². The van der Waals surface area contributed by atoms with E-state index < -0.39 is 16.6 Å². The number of aromatic carboxylic acids is 1. The summed E-state index contributed by atoms with van der Waals surface area (Å²) in [6.07, 6.45) is 0.919. The molecule has 1 heterocycles. The van der Waals surface area contributed by atoms with Crippen LogP contribution in [0.3, 0.4) is 0 Å². The number of benzene rings is 1. The van der Waals surface area contributed by atoms with E-state index in [9.17, 15) is 20.0 Å². The average molecular weight is 315 g/mol. The molecule has 1 aromatic rings. The minimum atomic E-state index is -1.52. The Balaban J connectivity index is 0.00000242. The molecule has 8 heteroatoms. The Morgan fingerprint density at radius 1 is 1.41 bits per heavy atom. The predicted octanol–water partition coefficient (Wildman–Crippen LogP) is -2.51. The summed E-state index contributed by atoms with van der Waals surface area (Å²) in [7, 11) is 2.04. The Morgan fingerprint density at radius 2 is 2.09 bits per heavy atom. The van der Waals surface area contributed by atoms with E-state index in [-0.39, 0.29) is 41.2 Å². The van der Waals surface area contributed by atoms with Gasteiger partial charge in [-0.15, -0.1) is 0 Å². The minimum absolute atomic E-state index is 0. The number of nitrogens with zero attached hydrogens (tertiary/aromatic N) is 3. The summed E-state index contributed by atoms with van der Waals surface area (Å²) in [5, 5.41) is 22.0. The fraction of sp³-hybridized carbons (Fsp3) is 0.500. The normalized spacial score (nSPS) is 18.6. The van der Waals surface area contributed by atoms with Gasteiger partial charge >= 0.3 is 29.6 Å². The molecule has 0 unspecified atom stereocenters. The molecule has 1 aromatic carbocycles. The summed E-state index contributed by atoms with van der Waals surface area (Å²) < 4.78 is 0. The molecule has 1 atom stereocenters. The summed E-state index contributed by atoms with van der Waals surface area (Å²) in [5.41, 5.74) is -0.105. The fourth-order valence-corrected chi connectivity index (χ4v) is 2.73. The van der Waals surface area contributed by atoms with E-state index >= 15 is 0 Å². The molecular formula is C14H18N3NaO4. The van der Waals surface area contributed by atoms with Gasteiger partial charge in [0, 0.05) is 37.4 Å². The minimum Gasteiger partial charge on any atom is -0.545 e. The van der Waals surface area contributed by atoms with Crippen LogP contribution in [-0.4, -0.2) is 48.5 Å². The van der Waals surface area contributed by atoms with Crippen LogP contribution in [0.5, 0.6) is 0 Å². The van der Waals surface area contributed by atoms with Crippen molar-refractivity contribution in [3.05, 3.63) is 33.9 Å². The third kappa shape index (κ3) is 3.98. The van der Waals surface area contributed by atoms with E-state index in [4.69, 9.17) is 0 Å². The van der Waals surface area contributed by atoms with Gasteiger partial charge in [-0.25, -0.2) is 0 Å². The van der Waals surface area contributed by atoms with Crippen molar-refractivity contribution in [2.24, 2.45) is 0 Å². The van der Waals surface area contributed by atoms with Crippen molar-refractivity contribution in [3.8, 4) is 0 Å². The van der Waals surface area contributed by atoms with Crippen LogP contribution in [0, 0.1) is 10.1 Å². The largest absolute Gasteiger partial charge is 1.00 e. The van der Waals surface area contributed by atoms with E-state index in [0.717, 1.165) is 26.1 Å². The number of hydrogen-bond acceptors (Lipinski definition) is 6. The van der Waals surface area contributed by atoms with Gasteiger partial charge in [-0.05, 0) is 25.6 Å². The van der Waals surface area contributed by atoms with Crippen molar-refractivity contribution in [3.63, 3.8) is 0 Å². The van der Waals surface area contributed by atoms with Crippen molar-refractivity contribution in [1.82, 2.24) is 4.90 Å². The van der Waals surface area contributed by atoms with Gasteiger partial charge in [-0.2, -0.15) is 0 Å². The fourth-order valence-electron chi connectivity index (χ4n) is 2.73. The van der Waals surface area contributed by atoms with E-state index in [0.29, 0.717) is 5.69 Å². The maximum absolute atomic E-state index is 11.1. The first-order valence-electron chi connectivity index (χ1n) is 6.89. The van der Waals surface area contributed by atoms with Crippen molar-refractivity contribution in [2.75, 3.05) is 31.6 Å². The number of carbonyl (C=O) groups excluding carboxylic acids is 1. The van der Waals surface area contributed by atoms with Crippen LogP contribution in [0.15, 0.2) is 18.2 Å². The Labute approximate surface area is 151 Å². The van der Waals surface area contributed by atoms with Gasteiger partial charge in [0.2, 0.25) is 0 Å². The first kappa shape index (κ1) is 18.9. The quantitative estimate of drug-likeness (QED) is 0.346. The zero-order valence-corrected chi connectivity index (χ0v) is 15.1. The summed E-state index contributed by atoms with van der Waals surface area (Å²) >= 11 is 0. The van der Waals surface area contributed by atoms with Crippen molar-refractivity contribution >= 4 is 17.3 Å². The summed E-state index contributed by atoms with van der Waals surface area (Å²) in [6, 6.07) is 4.46. The number of rotatable bonds is 4. The SMILES string of the molecule is CC[C@@H]1CN(C)CCN1c1ccc([N+](=O)[O-])c(C(=O)[O-])c1.[Na+]. The molecule has 1 saturated heterocycles. The number of carboxylic acids is 1. The van der Waals surface area contributed by atoms with E-state index in [2.05, 4.69) is 16.7 Å². The van der Waals surface area contributed by atoms with E-state index in [1.54, 1.807) is 6.07 Å². The zero-order chi connectivity index (χ0) is 15.6. The topological polar surface area (TPSA) is 89.8 Å². The second-order valence-corrected chi connectivity index (χ2v) is 5.26. The van der Waals surface area contributed by atoms with Gasteiger partial charge in [0.15, 0.2) is 0 Å². The van der Waals surface area contributed by atoms with E-state index in [1.165, 1.54) is 12.1 Å². The van der Waals surface area contributed by atoms with Crippen molar-refractivity contribution < 1.29 is 44.4 Å². The third-order valence-electron chi connectivity index (χ3n) is 3.89. The first-order valence-corrected chi connectivity index (χ1v) is 6.89. The van der Waals surface area contributed by atoms with Gasteiger partial charge in [0.25, 0.3) is 5.69 Å². The number of anilines is 1. The Hall–Kier alpha value is -1.15. The molecule has 0 aliphatic carbocycles. The molecule has 1 aliphatic heterocycles. The molecule has 0 aromatic heterocycles. The summed E-state index contributed by atoms with van der Waals surface area (Å²) in [5.74, 6) is -1.52. The second-order valence-electron chi connectivity index (χ2n) is 5.26. The van der Waals surface area contributed by atoms with Crippen molar-refractivity contribution in [1.29, 1.82) is 0 Å². The van der Waals surface area contributed by atoms with E-state index in [1.807, 2.05) is 7.05 Å². The summed E-state index contributed by atoms with van der Waals surface area (Å²) in [4.78, 5) is 25.6. The van der Waals surface area contributed by atoms with Crippen LogP contribution in [0.25, 0.3) is 0 Å². The standard InChI is InChI=1S/C14H19N3O4.Na/c1-3-10-9-15(2)6-7-16(10)11-4-5-13(17(20)21)12(8-11)14(18)19;/h4-5,8,10H,3,6-7,9H2,1-2H3,(H,18,19);/q;+1/p-1/t10-;/m1./s1. The van der Waals surface area contributed by atoms with Crippen LogP contribution in [-0.2, 0) is 0 Å². The smallest absolute Gasteiger partial charge is 0.545 e. The summed E-state index contributed by atoms with van der Waals surface area (Å²) in [6.45, 7) is 4.59. The third-order valence-corrected chi connectivity index (χ3v) is 3.89. The molecule has 0 bridgehead atoms. The maximum atomic E-state index is 11.1. The number of hydrogen-bond donors (Lipinski definition) is 0. The predicted molar refractivity (Wildman–Crippen MR) is 76.3 cm³/mol. The van der Waals surface area contributed by atoms with Crippen LogP contribution in [0.2, 0.25) is 0 Å². The van der Waals surface area contributed by atoms with Crippen LogP contribution in [0.4, 0.5) is 11.4 Å². The monoisotopic (exact) mass is 315 g/mol. The molecule has 22 heavy (non-hydrogen) atoms. The number of nitro benzene ring substituents is 1. The molecule has 1 fully saturated rings. The molecule has 7 nitrogen and oxygen atoms in total. The van der Waals surface area contributed by atoms with Crippen LogP contribution < -0.4 is 39.6 Å². The molecule has 0 N–H and O–H groups in total. The number of carboxylic acid groups (broad SMARTS) is 1. The molecule has 2 rings (SSSR count). The molecule has 0 spiro atoms. The number of nitro groups is 1. The van der Waals surface area contributed by atoms with Crippen molar-refractivity contribution in [2.45, 2.75) is 19.4 Å². The van der Waals surface area contributed by atoms with Gasteiger partial charge in [0.05, 0.1) is 16.5 Å². The van der Waals surface area contributed by atoms with Crippen LogP contribution in [0.1, 0.15) is 23.7 Å². The Bertz CT molecular complexity index is 567. The maximum Gasteiger partial charge on any atom is 1.00 e. The molecule has 0 amide bonds. The molecule has 114 valence electrons. The van der Waals surface area contributed by atoms with Gasteiger partial charge in [-0.3, -0.25) is 10.1 Å². The first-order chi connectivity index (χ1) is 9.93. The average Bonchev–Trinajstić information content (AvgIpc) is 2.46. The molecule has 0 saturated carbocycles. The van der Waals surface area contributed by atoms with Gasteiger partial charge < -0.3 is 19.7 Å². The molecular weight excluding hydrogens is 297 g/mol. The van der Waals surface area contributed by atoms with Gasteiger partial charge in [0.1, 0.15) is 0 Å². The number of carbonyl (C=O) groups is 1. The Kier molecular flexibility index (Phi) is 6.80.